The molecule has 0 spiro atoms. The fourth-order valence-electron chi connectivity index (χ4n) is 3.55. The molecule has 1 aliphatic rings. The zero-order valence-electron chi connectivity index (χ0n) is 15.7. The van der Waals surface area contributed by atoms with Crippen LogP contribution in [-0.2, 0) is 0 Å². The van der Waals surface area contributed by atoms with Gasteiger partial charge in [-0.25, -0.2) is 0 Å². The minimum atomic E-state index is -0.0917. The summed E-state index contributed by atoms with van der Waals surface area (Å²) in [6.07, 6.45) is 1.81. The minimum absolute atomic E-state index is 0.0750. The van der Waals surface area contributed by atoms with Gasteiger partial charge in [0.2, 0.25) is 0 Å². The molecule has 2 atom stereocenters. The first-order valence-corrected chi connectivity index (χ1v) is 9.62. The van der Waals surface area contributed by atoms with Gasteiger partial charge >= 0.3 is 0 Å². The van der Waals surface area contributed by atoms with Gasteiger partial charge in [-0.2, -0.15) is 0 Å². The average Bonchev–Trinajstić information content (AvgIpc) is 3.25. The lowest BCUT2D eigenvalue weighted by atomic mass is 10.0. The lowest BCUT2D eigenvalue weighted by Crippen LogP contribution is -2.29. The van der Waals surface area contributed by atoms with Crippen LogP contribution in [0.25, 0.3) is 0 Å². The number of nitrogens with zero attached hydrogens (tertiary/aromatic N) is 2. The maximum atomic E-state index is 6.01. The molecule has 5 heteroatoms. The second-order valence-electron chi connectivity index (χ2n) is 7.19. The van der Waals surface area contributed by atoms with Gasteiger partial charge < -0.3 is 14.6 Å². The molecule has 0 radical (unpaired) electrons. The average molecular weight is 378 g/mol. The molecular formula is C22H23N3OS. The molecule has 4 rings (SSSR count). The van der Waals surface area contributed by atoms with Crippen LogP contribution in [0, 0.1) is 6.92 Å². The summed E-state index contributed by atoms with van der Waals surface area (Å²) in [5, 5.41) is 4.13. The number of aryl methyl sites for hydroxylation is 1. The summed E-state index contributed by atoms with van der Waals surface area (Å²) in [4.78, 5) is 6.69. The highest BCUT2D eigenvalue weighted by Crippen LogP contribution is 2.42. The van der Waals surface area contributed by atoms with Crippen molar-refractivity contribution in [1.29, 1.82) is 0 Å². The van der Waals surface area contributed by atoms with Crippen LogP contribution in [0.2, 0.25) is 0 Å². The van der Waals surface area contributed by atoms with Crippen LogP contribution < -0.4 is 10.2 Å². The Balaban J connectivity index is 1.78. The fraction of sp³-hybridized carbons (Fsp3) is 0.273. The van der Waals surface area contributed by atoms with Crippen molar-refractivity contribution in [1.82, 2.24) is 10.3 Å². The summed E-state index contributed by atoms with van der Waals surface area (Å²) < 4.78 is 6.01. The lowest BCUT2D eigenvalue weighted by molar-refractivity contribution is 0.418. The van der Waals surface area contributed by atoms with E-state index in [2.05, 4.69) is 53.3 Å². The molecule has 1 aromatic carbocycles. The molecular weight excluding hydrogens is 354 g/mol. The molecule has 0 unspecified atom stereocenters. The predicted molar refractivity (Wildman–Crippen MR) is 112 cm³/mol. The Morgan fingerprint density at radius 2 is 1.85 bits per heavy atom. The predicted octanol–water partition coefficient (Wildman–Crippen LogP) is 5.28. The van der Waals surface area contributed by atoms with Crippen molar-refractivity contribution in [2.45, 2.75) is 38.8 Å². The van der Waals surface area contributed by atoms with Gasteiger partial charge in [0.05, 0.1) is 11.7 Å². The second kappa shape index (κ2) is 7.16. The van der Waals surface area contributed by atoms with Gasteiger partial charge in [0, 0.05) is 11.9 Å². The normalized spacial score (nSPS) is 19.6. The van der Waals surface area contributed by atoms with Crippen molar-refractivity contribution in [3.63, 3.8) is 0 Å². The van der Waals surface area contributed by atoms with E-state index >= 15 is 0 Å². The van der Waals surface area contributed by atoms with Crippen molar-refractivity contribution in [2.75, 3.05) is 4.90 Å². The first-order valence-electron chi connectivity index (χ1n) is 9.21. The maximum Gasteiger partial charge on any atom is 0.174 e. The monoisotopic (exact) mass is 377 g/mol. The summed E-state index contributed by atoms with van der Waals surface area (Å²) in [6.45, 7) is 6.35. The van der Waals surface area contributed by atoms with Crippen molar-refractivity contribution in [3.8, 4) is 0 Å². The zero-order valence-corrected chi connectivity index (χ0v) is 16.5. The van der Waals surface area contributed by atoms with E-state index in [0.29, 0.717) is 11.0 Å². The third-order valence-corrected chi connectivity index (χ3v) is 5.30. The Labute approximate surface area is 165 Å². The van der Waals surface area contributed by atoms with Gasteiger partial charge in [-0.05, 0) is 67.0 Å². The molecule has 4 nitrogen and oxygen atoms in total. The number of nitrogens with one attached hydrogen (secondary N) is 1. The Kier molecular flexibility index (Phi) is 4.70. The first kappa shape index (κ1) is 17.7. The number of benzene rings is 1. The molecule has 27 heavy (non-hydrogen) atoms. The van der Waals surface area contributed by atoms with E-state index in [9.17, 15) is 0 Å². The van der Waals surface area contributed by atoms with E-state index in [4.69, 9.17) is 16.6 Å². The molecule has 138 valence electrons. The van der Waals surface area contributed by atoms with E-state index in [1.54, 1.807) is 0 Å². The topological polar surface area (TPSA) is 41.3 Å². The van der Waals surface area contributed by atoms with Gasteiger partial charge in [0.25, 0.3) is 0 Å². The Bertz CT molecular complexity index is 934. The SMILES string of the molecule is Cc1ccc([C@H]2[C@H](c3ccccn3)NC(=S)N2c2ccc(C(C)C)cc2)o1. The standard InChI is InChI=1S/C22H23N3OS/c1-14(2)16-8-10-17(11-9-16)25-21(19-12-7-15(3)26-19)20(24-22(25)27)18-6-4-5-13-23-18/h4-14,20-21H,1-3H3,(H,24,27)/t20-,21-/m0/s1. The van der Waals surface area contributed by atoms with Crippen LogP contribution in [0.15, 0.2) is 65.2 Å². The Morgan fingerprint density at radius 1 is 1.07 bits per heavy atom. The number of furan rings is 1. The summed E-state index contributed by atoms with van der Waals surface area (Å²) >= 11 is 5.71. The zero-order chi connectivity index (χ0) is 19.0. The van der Waals surface area contributed by atoms with Crippen molar-refractivity contribution < 1.29 is 4.42 Å². The highest BCUT2D eigenvalue weighted by molar-refractivity contribution is 7.80. The maximum absolute atomic E-state index is 6.01. The van der Waals surface area contributed by atoms with Crippen LogP contribution in [0.4, 0.5) is 5.69 Å². The number of hydrogen-bond acceptors (Lipinski definition) is 3. The van der Waals surface area contributed by atoms with E-state index in [1.807, 2.05) is 43.5 Å². The summed E-state index contributed by atoms with van der Waals surface area (Å²) in [7, 11) is 0. The van der Waals surface area contributed by atoms with Crippen LogP contribution >= 0.6 is 12.2 Å². The Hall–Kier alpha value is -2.66. The molecule has 3 heterocycles. The molecule has 1 fully saturated rings. The van der Waals surface area contributed by atoms with E-state index in [0.717, 1.165) is 22.9 Å². The van der Waals surface area contributed by atoms with Gasteiger partial charge in [-0.1, -0.05) is 32.0 Å². The van der Waals surface area contributed by atoms with Crippen molar-refractivity contribution in [2.24, 2.45) is 0 Å². The van der Waals surface area contributed by atoms with Crippen LogP contribution in [0.1, 0.15) is 54.6 Å². The molecule has 0 amide bonds. The molecule has 3 aromatic rings. The quantitative estimate of drug-likeness (QED) is 0.626. The van der Waals surface area contributed by atoms with Gasteiger partial charge in [-0.15, -0.1) is 0 Å². The second-order valence-corrected chi connectivity index (χ2v) is 7.58. The number of hydrogen-bond donors (Lipinski definition) is 1. The van der Waals surface area contributed by atoms with Gasteiger partial charge in [0.1, 0.15) is 17.6 Å². The summed E-state index contributed by atoms with van der Waals surface area (Å²) in [5.74, 6) is 2.26. The first-order chi connectivity index (χ1) is 13.0. The lowest BCUT2D eigenvalue weighted by Gasteiger charge is -2.26. The largest absolute Gasteiger partial charge is 0.464 e. The number of anilines is 1. The molecule has 1 saturated heterocycles. The van der Waals surface area contributed by atoms with Gasteiger partial charge in [0.15, 0.2) is 5.11 Å². The molecule has 0 saturated carbocycles. The van der Waals surface area contributed by atoms with Crippen LogP contribution in [0.5, 0.6) is 0 Å². The van der Waals surface area contributed by atoms with Crippen molar-refractivity contribution in [3.05, 3.63) is 83.6 Å². The van der Waals surface area contributed by atoms with E-state index in [1.165, 1.54) is 5.56 Å². The van der Waals surface area contributed by atoms with Crippen LogP contribution in [-0.4, -0.2) is 10.1 Å². The number of aromatic nitrogens is 1. The van der Waals surface area contributed by atoms with E-state index < -0.39 is 0 Å². The summed E-state index contributed by atoms with van der Waals surface area (Å²) in [6, 6.07) is 18.4. The smallest absolute Gasteiger partial charge is 0.174 e. The molecule has 0 aliphatic carbocycles. The highest BCUT2D eigenvalue weighted by Gasteiger charge is 2.42. The third-order valence-electron chi connectivity index (χ3n) is 4.99. The molecule has 1 aliphatic heterocycles. The number of rotatable bonds is 4. The van der Waals surface area contributed by atoms with Crippen LogP contribution in [0.3, 0.4) is 0 Å². The molecule has 1 N–H and O–H groups in total. The van der Waals surface area contributed by atoms with Gasteiger partial charge in [-0.3, -0.25) is 4.98 Å². The third kappa shape index (κ3) is 3.35. The number of pyridine rings is 1. The molecule has 0 bridgehead atoms. The van der Waals surface area contributed by atoms with Crippen molar-refractivity contribution >= 4 is 23.0 Å². The Morgan fingerprint density at radius 3 is 2.44 bits per heavy atom. The minimum Gasteiger partial charge on any atom is -0.464 e. The van der Waals surface area contributed by atoms with E-state index in [-0.39, 0.29) is 12.1 Å². The molecule has 2 aromatic heterocycles. The highest BCUT2D eigenvalue weighted by atomic mass is 32.1. The fourth-order valence-corrected chi connectivity index (χ4v) is 3.90. The summed E-state index contributed by atoms with van der Waals surface area (Å²) in [5.41, 5.74) is 3.30. The number of thiocarbonyl (C=S) groups is 1.